The lowest BCUT2D eigenvalue weighted by Crippen LogP contribution is -2.15. The number of nitrogens with zero attached hydrogens (tertiary/aromatic N) is 3. The molecule has 2 aromatic rings. The van der Waals surface area contributed by atoms with E-state index >= 15 is 0 Å². The molecule has 3 N–H and O–H groups in total. The standard InChI is InChI=1S/C14H16N4O/c1-10-6-7-13(16-9-10)18(2)12-5-3-4-11(8-12)14(15)17-19/h3-9,19H,1-2H3,(H2,15,17). The molecule has 19 heavy (non-hydrogen) atoms. The lowest BCUT2D eigenvalue weighted by Gasteiger charge is -2.19. The van der Waals surface area contributed by atoms with E-state index in [0.29, 0.717) is 5.56 Å². The van der Waals surface area contributed by atoms with Crippen LogP contribution in [-0.2, 0) is 0 Å². The normalized spacial score (nSPS) is 11.4. The summed E-state index contributed by atoms with van der Waals surface area (Å²) in [5, 5.41) is 11.7. The van der Waals surface area contributed by atoms with Crippen LogP contribution in [0.15, 0.2) is 47.8 Å². The van der Waals surface area contributed by atoms with Crippen molar-refractivity contribution < 1.29 is 5.21 Å². The molecule has 0 aliphatic heterocycles. The van der Waals surface area contributed by atoms with Crippen LogP contribution in [0.5, 0.6) is 0 Å². The number of aryl methyl sites for hydroxylation is 1. The Balaban J connectivity index is 2.33. The van der Waals surface area contributed by atoms with Gasteiger partial charge < -0.3 is 15.8 Å². The van der Waals surface area contributed by atoms with Crippen molar-refractivity contribution in [2.24, 2.45) is 10.9 Å². The molecule has 0 bridgehead atoms. The summed E-state index contributed by atoms with van der Waals surface area (Å²) in [7, 11) is 1.92. The van der Waals surface area contributed by atoms with E-state index < -0.39 is 0 Å². The fourth-order valence-electron chi connectivity index (χ4n) is 1.72. The van der Waals surface area contributed by atoms with Crippen LogP contribution in [0.2, 0.25) is 0 Å². The van der Waals surface area contributed by atoms with Crippen LogP contribution in [0.3, 0.4) is 0 Å². The number of benzene rings is 1. The fraction of sp³-hybridized carbons (Fsp3) is 0.143. The van der Waals surface area contributed by atoms with Crippen molar-refractivity contribution in [2.45, 2.75) is 6.92 Å². The van der Waals surface area contributed by atoms with E-state index in [-0.39, 0.29) is 5.84 Å². The van der Waals surface area contributed by atoms with Crippen LogP contribution < -0.4 is 10.6 Å². The van der Waals surface area contributed by atoms with E-state index in [1.54, 1.807) is 6.07 Å². The van der Waals surface area contributed by atoms with E-state index in [2.05, 4.69) is 10.1 Å². The predicted octanol–water partition coefficient (Wildman–Crippen LogP) is 2.25. The minimum absolute atomic E-state index is 0.0899. The van der Waals surface area contributed by atoms with Crippen LogP contribution in [0.1, 0.15) is 11.1 Å². The highest BCUT2D eigenvalue weighted by Crippen LogP contribution is 2.22. The van der Waals surface area contributed by atoms with Crippen LogP contribution in [0.25, 0.3) is 0 Å². The third-order valence-electron chi connectivity index (χ3n) is 2.88. The molecule has 0 saturated heterocycles. The van der Waals surface area contributed by atoms with E-state index in [1.165, 1.54) is 0 Å². The van der Waals surface area contributed by atoms with Gasteiger partial charge in [-0.05, 0) is 30.7 Å². The van der Waals surface area contributed by atoms with Crippen LogP contribution >= 0.6 is 0 Å². The second kappa shape index (κ2) is 5.39. The van der Waals surface area contributed by atoms with Crippen molar-refractivity contribution in [3.63, 3.8) is 0 Å². The minimum atomic E-state index is 0.0899. The number of anilines is 2. The number of rotatable bonds is 3. The van der Waals surface area contributed by atoms with E-state index in [0.717, 1.165) is 17.1 Å². The van der Waals surface area contributed by atoms with Gasteiger partial charge in [0.1, 0.15) is 5.82 Å². The second-order valence-corrected chi connectivity index (χ2v) is 4.29. The largest absolute Gasteiger partial charge is 0.409 e. The maximum Gasteiger partial charge on any atom is 0.170 e. The summed E-state index contributed by atoms with van der Waals surface area (Å²) in [4.78, 5) is 6.30. The summed E-state index contributed by atoms with van der Waals surface area (Å²) in [5.74, 6) is 0.925. The summed E-state index contributed by atoms with van der Waals surface area (Å²) in [6.07, 6.45) is 1.82. The highest BCUT2D eigenvalue weighted by molar-refractivity contribution is 5.97. The van der Waals surface area contributed by atoms with E-state index in [9.17, 15) is 0 Å². The second-order valence-electron chi connectivity index (χ2n) is 4.29. The highest BCUT2D eigenvalue weighted by Gasteiger charge is 2.07. The van der Waals surface area contributed by atoms with Crippen molar-refractivity contribution in [3.05, 3.63) is 53.7 Å². The van der Waals surface area contributed by atoms with Crippen molar-refractivity contribution in [1.29, 1.82) is 0 Å². The lowest BCUT2D eigenvalue weighted by molar-refractivity contribution is 0.318. The molecule has 1 heterocycles. The molecule has 5 heteroatoms. The molecule has 0 amide bonds. The summed E-state index contributed by atoms with van der Waals surface area (Å²) < 4.78 is 0. The summed E-state index contributed by atoms with van der Waals surface area (Å²) >= 11 is 0. The highest BCUT2D eigenvalue weighted by atomic mass is 16.4. The molecule has 5 nitrogen and oxygen atoms in total. The van der Waals surface area contributed by atoms with Gasteiger partial charge >= 0.3 is 0 Å². The van der Waals surface area contributed by atoms with Crippen LogP contribution in [0.4, 0.5) is 11.5 Å². The number of aromatic nitrogens is 1. The molecule has 0 spiro atoms. The van der Waals surface area contributed by atoms with Gasteiger partial charge in [-0.2, -0.15) is 0 Å². The van der Waals surface area contributed by atoms with Gasteiger partial charge in [-0.1, -0.05) is 23.4 Å². The molecule has 98 valence electrons. The first-order valence-electron chi connectivity index (χ1n) is 5.86. The first kappa shape index (κ1) is 12.9. The number of pyridine rings is 1. The maximum absolute atomic E-state index is 8.70. The first-order valence-corrected chi connectivity index (χ1v) is 5.86. The molecule has 0 aliphatic carbocycles. The van der Waals surface area contributed by atoms with Crippen LogP contribution in [0, 0.1) is 6.92 Å². The average Bonchev–Trinajstić information content (AvgIpc) is 2.46. The Bertz CT molecular complexity index is 593. The Morgan fingerprint density at radius 2 is 2.11 bits per heavy atom. The third kappa shape index (κ3) is 2.82. The Morgan fingerprint density at radius 1 is 1.32 bits per heavy atom. The van der Waals surface area contributed by atoms with Crippen molar-refractivity contribution >= 4 is 17.3 Å². The lowest BCUT2D eigenvalue weighted by atomic mass is 10.1. The Morgan fingerprint density at radius 3 is 2.74 bits per heavy atom. The molecular weight excluding hydrogens is 240 g/mol. The Kier molecular flexibility index (Phi) is 3.66. The van der Waals surface area contributed by atoms with Gasteiger partial charge in [-0.15, -0.1) is 0 Å². The SMILES string of the molecule is Cc1ccc(N(C)c2cccc(C(N)=NO)c2)nc1. The molecular formula is C14H16N4O. The van der Waals surface area contributed by atoms with Gasteiger partial charge in [-0.25, -0.2) is 4.98 Å². The van der Waals surface area contributed by atoms with Crippen molar-refractivity contribution in [3.8, 4) is 0 Å². The zero-order valence-electron chi connectivity index (χ0n) is 10.9. The predicted molar refractivity (Wildman–Crippen MR) is 76.0 cm³/mol. The molecule has 0 unspecified atom stereocenters. The number of hydrogen-bond acceptors (Lipinski definition) is 4. The summed E-state index contributed by atoms with van der Waals surface area (Å²) in [5.41, 5.74) is 8.28. The molecule has 0 fully saturated rings. The van der Waals surface area contributed by atoms with Gasteiger partial charge in [0.25, 0.3) is 0 Å². The fourth-order valence-corrected chi connectivity index (χ4v) is 1.72. The zero-order chi connectivity index (χ0) is 13.8. The topological polar surface area (TPSA) is 74.7 Å². The Labute approximate surface area is 112 Å². The van der Waals surface area contributed by atoms with Crippen molar-refractivity contribution in [2.75, 3.05) is 11.9 Å². The molecule has 1 aromatic heterocycles. The molecule has 0 aliphatic rings. The Hall–Kier alpha value is -2.56. The van der Waals surface area contributed by atoms with E-state index in [1.807, 2.05) is 55.4 Å². The third-order valence-corrected chi connectivity index (χ3v) is 2.88. The molecule has 0 atom stereocenters. The number of amidine groups is 1. The first-order chi connectivity index (χ1) is 9.11. The van der Waals surface area contributed by atoms with Gasteiger partial charge in [-0.3, -0.25) is 0 Å². The summed E-state index contributed by atoms with van der Waals surface area (Å²) in [6, 6.07) is 11.4. The molecule has 1 aromatic carbocycles. The van der Waals surface area contributed by atoms with Gasteiger partial charge in [0, 0.05) is 24.5 Å². The number of nitrogens with two attached hydrogens (primary N) is 1. The summed E-state index contributed by atoms with van der Waals surface area (Å²) in [6.45, 7) is 2.00. The number of hydrogen-bond donors (Lipinski definition) is 2. The molecule has 0 radical (unpaired) electrons. The molecule has 0 saturated carbocycles. The van der Waals surface area contributed by atoms with Crippen LogP contribution in [-0.4, -0.2) is 23.1 Å². The van der Waals surface area contributed by atoms with E-state index in [4.69, 9.17) is 10.9 Å². The molecule has 2 rings (SSSR count). The van der Waals surface area contributed by atoms with Crippen molar-refractivity contribution in [1.82, 2.24) is 4.98 Å². The van der Waals surface area contributed by atoms with Gasteiger partial charge in [0.2, 0.25) is 0 Å². The quantitative estimate of drug-likeness (QED) is 0.382. The maximum atomic E-state index is 8.70. The minimum Gasteiger partial charge on any atom is -0.409 e. The number of oxime groups is 1. The average molecular weight is 256 g/mol. The monoisotopic (exact) mass is 256 g/mol. The van der Waals surface area contributed by atoms with Gasteiger partial charge in [0.05, 0.1) is 0 Å². The zero-order valence-corrected chi connectivity index (χ0v) is 10.9. The smallest absolute Gasteiger partial charge is 0.170 e. The van der Waals surface area contributed by atoms with Gasteiger partial charge in [0.15, 0.2) is 5.84 Å².